The summed E-state index contributed by atoms with van der Waals surface area (Å²) in [6.07, 6.45) is 1.69. The van der Waals surface area contributed by atoms with E-state index in [1.807, 2.05) is 0 Å². The Hall–Kier alpha value is -2.90. The molecule has 4 bridgehead atoms. The third kappa shape index (κ3) is 3.26. The molecule has 4 aliphatic heterocycles. The minimum absolute atomic E-state index is 0.0804. The first-order valence-electron chi connectivity index (χ1n) is 10.0. The molecule has 0 radical (unpaired) electrons. The van der Waals surface area contributed by atoms with Gasteiger partial charge in [0.05, 0.1) is 22.3 Å². The van der Waals surface area contributed by atoms with E-state index in [2.05, 4.69) is 45.2 Å². The molecule has 2 atom stereocenters. The van der Waals surface area contributed by atoms with Crippen molar-refractivity contribution < 1.29 is 4.92 Å². The fraction of sp³-hybridized carbons (Fsp3) is 0.364. The highest BCUT2D eigenvalue weighted by molar-refractivity contribution is 5.99. The van der Waals surface area contributed by atoms with Crippen LogP contribution in [0.2, 0.25) is 0 Å². The molecule has 7 nitrogen and oxygen atoms in total. The van der Waals surface area contributed by atoms with E-state index in [0.29, 0.717) is 5.92 Å². The van der Waals surface area contributed by atoms with Gasteiger partial charge in [-0.1, -0.05) is 30.3 Å². The molecule has 0 saturated carbocycles. The molecule has 2 aromatic carbocycles. The average Bonchev–Trinajstić information content (AvgIpc) is 2.99. The number of hydrogen-bond donors (Lipinski definition) is 0. The summed E-state index contributed by atoms with van der Waals surface area (Å²) in [6.45, 7) is 6.27. The van der Waals surface area contributed by atoms with Crippen LogP contribution in [-0.2, 0) is 5.41 Å². The van der Waals surface area contributed by atoms with Crippen molar-refractivity contribution in [2.24, 2.45) is 16.1 Å². The second kappa shape index (κ2) is 7.17. The summed E-state index contributed by atoms with van der Waals surface area (Å²) in [5, 5.41) is 20.0. The second-order valence-electron chi connectivity index (χ2n) is 8.19. The van der Waals surface area contributed by atoms with E-state index in [4.69, 9.17) is 5.10 Å². The normalized spacial score (nSPS) is 32.0. The third-order valence-corrected chi connectivity index (χ3v) is 6.36. The summed E-state index contributed by atoms with van der Waals surface area (Å²) in [5.74, 6) is 0.384. The van der Waals surface area contributed by atoms with Crippen molar-refractivity contribution in [1.82, 2.24) is 9.80 Å². The highest BCUT2D eigenvalue weighted by Crippen LogP contribution is 2.41. The summed E-state index contributed by atoms with van der Waals surface area (Å²) in [7, 11) is 0. The topological polar surface area (TPSA) is 74.3 Å². The lowest BCUT2D eigenvalue weighted by Gasteiger charge is -2.50. The Morgan fingerprint density at radius 2 is 1.66 bits per heavy atom. The number of nitrogens with zero attached hydrogens (tertiary/aromatic N) is 5. The van der Waals surface area contributed by atoms with Gasteiger partial charge < -0.3 is 9.80 Å². The van der Waals surface area contributed by atoms with Crippen LogP contribution in [0.15, 0.2) is 64.8 Å². The number of benzene rings is 2. The van der Waals surface area contributed by atoms with Gasteiger partial charge in [0, 0.05) is 57.3 Å². The van der Waals surface area contributed by atoms with E-state index in [9.17, 15) is 10.1 Å². The van der Waals surface area contributed by atoms with Gasteiger partial charge in [-0.15, -0.1) is 0 Å². The first-order chi connectivity index (χ1) is 14.1. The van der Waals surface area contributed by atoms with Crippen LogP contribution in [0.3, 0.4) is 0 Å². The van der Waals surface area contributed by atoms with Crippen molar-refractivity contribution in [1.29, 1.82) is 0 Å². The number of piperidine rings is 2. The number of rotatable bonds is 4. The molecule has 7 heteroatoms. The lowest BCUT2D eigenvalue weighted by Crippen LogP contribution is -2.63. The largest absolute Gasteiger partial charge is 0.300 e. The van der Waals surface area contributed by atoms with Gasteiger partial charge in [0.1, 0.15) is 0 Å². The predicted molar refractivity (Wildman–Crippen MR) is 113 cm³/mol. The summed E-state index contributed by atoms with van der Waals surface area (Å²) in [6, 6.07) is 17.1. The van der Waals surface area contributed by atoms with Gasteiger partial charge in [0.2, 0.25) is 0 Å². The number of fused-ring (bicyclic) bond motifs is 1. The molecule has 29 heavy (non-hydrogen) atoms. The molecule has 0 N–H and O–H groups in total. The predicted octanol–water partition coefficient (Wildman–Crippen LogP) is 2.57. The van der Waals surface area contributed by atoms with Gasteiger partial charge in [-0.2, -0.15) is 10.2 Å². The zero-order chi connectivity index (χ0) is 19.8. The molecule has 4 heterocycles. The maximum Gasteiger partial charge on any atom is 0.269 e. The van der Waals surface area contributed by atoms with Crippen LogP contribution in [0, 0.1) is 16.0 Å². The molecule has 2 aromatic rings. The standard InChI is InChI=1S/C22H23N5O2/c28-27(29)20-8-6-17(7-9-20)12-23-24-21-18-13-25-10-11-26(14-18)16-22(21,15-25)19-4-2-1-3-5-19/h1-9,12,18H,10-11,13-16H2/b23-12-,24-21+. The number of non-ortho nitro benzene ring substituents is 1. The van der Waals surface area contributed by atoms with Gasteiger partial charge >= 0.3 is 0 Å². The smallest absolute Gasteiger partial charge is 0.269 e. The SMILES string of the molecule is O=[N+]([O-])c1ccc(/C=N\N=C2/C3CN4CCN(C3)CC2(c2ccccc2)C4)cc1. The minimum atomic E-state index is -0.396. The molecule has 0 spiro atoms. The molecule has 2 unspecified atom stereocenters. The highest BCUT2D eigenvalue weighted by Gasteiger charge is 2.53. The zero-order valence-electron chi connectivity index (χ0n) is 16.1. The molecule has 6 rings (SSSR count). The highest BCUT2D eigenvalue weighted by atomic mass is 16.6. The Kier molecular flexibility index (Phi) is 4.49. The molecule has 0 amide bonds. The Bertz CT molecular complexity index is 954. The van der Waals surface area contributed by atoms with Crippen LogP contribution >= 0.6 is 0 Å². The molecule has 4 aliphatic rings. The molecular formula is C22H23N5O2. The maximum absolute atomic E-state index is 10.8. The van der Waals surface area contributed by atoms with Crippen molar-refractivity contribution in [2.45, 2.75) is 5.41 Å². The average molecular weight is 389 g/mol. The Balaban J connectivity index is 1.49. The van der Waals surface area contributed by atoms with E-state index in [1.165, 1.54) is 23.4 Å². The van der Waals surface area contributed by atoms with Crippen molar-refractivity contribution in [3.63, 3.8) is 0 Å². The molecule has 0 aliphatic carbocycles. The van der Waals surface area contributed by atoms with Crippen molar-refractivity contribution >= 4 is 17.6 Å². The molecule has 0 aromatic heterocycles. The van der Waals surface area contributed by atoms with Crippen LogP contribution in [0.25, 0.3) is 0 Å². The van der Waals surface area contributed by atoms with Gasteiger partial charge in [0.25, 0.3) is 5.69 Å². The fourth-order valence-corrected chi connectivity index (χ4v) is 5.08. The van der Waals surface area contributed by atoms with Crippen LogP contribution in [-0.4, -0.2) is 65.9 Å². The van der Waals surface area contributed by atoms with Gasteiger partial charge in [0.15, 0.2) is 0 Å². The van der Waals surface area contributed by atoms with Crippen molar-refractivity contribution in [3.05, 3.63) is 75.8 Å². The molecule has 4 saturated heterocycles. The van der Waals surface area contributed by atoms with E-state index < -0.39 is 4.92 Å². The summed E-state index contributed by atoms with van der Waals surface area (Å²) >= 11 is 0. The number of nitro groups is 1. The third-order valence-electron chi connectivity index (χ3n) is 6.36. The van der Waals surface area contributed by atoms with Crippen LogP contribution in [0.1, 0.15) is 11.1 Å². The second-order valence-corrected chi connectivity index (χ2v) is 8.19. The van der Waals surface area contributed by atoms with Crippen LogP contribution < -0.4 is 0 Å². The van der Waals surface area contributed by atoms with Crippen molar-refractivity contribution in [3.8, 4) is 0 Å². The zero-order valence-corrected chi connectivity index (χ0v) is 16.1. The summed E-state index contributed by atoms with van der Waals surface area (Å²) < 4.78 is 0. The first kappa shape index (κ1) is 18.1. The fourth-order valence-electron chi connectivity index (χ4n) is 5.08. The van der Waals surface area contributed by atoms with Gasteiger partial charge in [-0.25, -0.2) is 0 Å². The first-order valence-corrected chi connectivity index (χ1v) is 10.0. The molecular weight excluding hydrogens is 366 g/mol. The van der Waals surface area contributed by atoms with E-state index in [1.54, 1.807) is 18.3 Å². The minimum Gasteiger partial charge on any atom is -0.300 e. The van der Waals surface area contributed by atoms with Gasteiger partial charge in [-0.05, 0) is 23.3 Å². The summed E-state index contributed by atoms with van der Waals surface area (Å²) in [4.78, 5) is 15.6. The van der Waals surface area contributed by atoms with E-state index in [-0.39, 0.29) is 11.1 Å². The quantitative estimate of drug-likeness (QED) is 0.458. The van der Waals surface area contributed by atoms with E-state index in [0.717, 1.165) is 44.8 Å². The Morgan fingerprint density at radius 1 is 1.00 bits per heavy atom. The maximum atomic E-state index is 10.8. The van der Waals surface area contributed by atoms with E-state index >= 15 is 0 Å². The number of nitro benzene ring substituents is 1. The number of hydrogen-bond acceptors (Lipinski definition) is 6. The lowest BCUT2D eigenvalue weighted by molar-refractivity contribution is -0.384. The molecule has 4 fully saturated rings. The summed E-state index contributed by atoms with van der Waals surface area (Å²) in [5.41, 5.74) is 3.26. The Labute approximate surface area is 169 Å². The van der Waals surface area contributed by atoms with Crippen LogP contribution in [0.5, 0.6) is 0 Å². The van der Waals surface area contributed by atoms with Crippen molar-refractivity contribution in [2.75, 3.05) is 39.3 Å². The lowest BCUT2D eigenvalue weighted by atomic mass is 9.66. The monoisotopic (exact) mass is 389 g/mol. The van der Waals surface area contributed by atoms with Crippen LogP contribution in [0.4, 0.5) is 5.69 Å². The Morgan fingerprint density at radius 3 is 2.28 bits per heavy atom. The molecule has 148 valence electrons. The van der Waals surface area contributed by atoms with Gasteiger partial charge in [-0.3, -0.25) is 10.1 Å².